The van der Waals surface area contributed by atoms with E-state index < -0.39 is 0 Å². The molecule has 0 aliphatic heterocycles. The summed E-state index contributed by atoms with van der Waals surface area (Å²) in [4.78, 5) is 4.63. The van der Waals surface area contributed by atoms with Gasteiger partial charge >= 0.3 is 0 Å². The smallest absolute Gasteiger partial charge is 0.198 e. The van der Waals surface area contributed by atoms with Crippen LogP contribution < -0.4 is 5.73 Å². The van der Waals surface area contributed by atoms with E-state index in [1.807, 2.05) is 0 Å². The van der Waals surface area contributed by atoms with E-state index in [0.29, 0.717) is 5.92 Å². The van der Waals surface area contributed by atoms with Crippen LogP contribution in [0.15, 0.2) is 16.5 Å². The Labute approximate surface area is 115 Å². The summed E-state index contributed by atoms with van der Waals surface area (Å²) >= 11 is 0. The summed E-state index contributed by atoms with van der Waals surface area (Å²) in [7, 11) is 0. The molecule has 0 radical (unpaired) electrons. The van der Waals surface area contributed by atoms with Crippen molar-refractivity contribution in [3.63, 3.8) is 0 Å². The van der Waals surface area contributed by atoms with Crippen LogP contribution in [0.3, 0.4) is 0 Å². The lowest BCUT2D eigenvalue weighted by Gasteiger charge is -2.08. The summed E-state index contributed by atoms with van der Waals surface area (Å²) in [6.07, 6.45) is 3.25. The summed E-state index contributed by atoms with van der Waals surface area (Å²) in [6.45, 7) is 8.39. The molecule has 104 valence electrons. The van der Waals surface area contributed by atoms with E-state index in [1.165, 1.54) is 5.56 Å². The highest BCUT2D eigenvalue weighted by molar-refractivity contribution is 5.77. The van der Waals surface area contributed by atoms with Gasteiger partial charge in [0.1, 0.15) is 5.52 Å². The van der Waals surface area contributed by atoms with Crippen molar-refractivity contribution in [3.05, 3.63) is 29.2 Å². The molecule has 2 rings (SSSR count). The normalized spacial score (nSPS) is 14.8. The molecule has 3 heteroatoms. The van der Waals surface area contributed by atoms with Crippen molar-refractivity contribution in [2.45, 2.75) is 58.9 Å². The van der Waals surface area contributed by atoms with Gasteiger partial charge in [-0.25, -0.2) is 4.98 Å². The highest BCUT2D eigenvalue weighted by Gasteiger charge is 2.15. The average molecular weight is 260 g/mol. The number of hydrogen-bond acceptors (Lipinski definition) is 3. The quantitative estimate of drug-likeness (QED) is 0.881. The van der Waals surface area contributed by atoms with Crippen LogP contribution in [-0.4, -0.2) is 11.0 Å². The first-order chi connectivity index (χ1) is 8.97. The van der Waals surface area contributed by atoms with Crippen molar-refractivity contribution in [2.75, 3.05) is 0 Å². The molecule has 2 atom stereocenters. The predicted octanol–water partition coefficient (Wildman–Crippen LogP) is 4.07. The number of oxazole rings is 1. The number of aromatic nitrogens is 1. The number of hydrogen-bond donors (Lipinski definition) is 1. The standard InChI is InChI=1S/C16H24N2O/c1-10-8-12(3)15-14(9-10)18-16(19-15)11(2)6-5-7-13(4)17/h8-9,11,13H,5-7,17H2,1-4H3. The van der Waals surface area contributed by atoms with E-state index in [-0.39, 0.29) is 6.04 Å². The summed E-state index contributed by atoms with van der Waals surface area (Å²) in [5.41, 5.74) is 10.1. The second kappa shape index (κ2) is 5.74. The zero-order chi connectivity index (χ0) is 14.0. The maximum atomic E-state index is 5.93. The highest BCUT2D eigenvalue weighted by Crippen LogP contribution is 2.27. The van der Waals surface area contributed by atoms with Crippen LogP contribution in [0.5, 0.6) is 0 Å². The fourth-order valence-corrected chi connectivity index (χ4v) is 2.47. The van der Waals surface area contributed by atoms with Gasteiger partial charge in [0.15, 0.2) is 11.5 Å². The van der Waals surface area contributed by atoms with Gasteiger partial charge in [-0.2, -0.15) is 0 Å². The van der Waals surface area contributed by atoms with Gasteiger partial charge in [0.2, 0.25) is 0 Å². The van der Waals surface area contributed by atoms with E-state index in [2.05, 4.69) is 44.8 Å². The Balaban J connectivity index is 2.14. The Morgan fingerprint density at radius 2 is 1.95 bits per heavy atom. The Morgan fingerprint density at radius 1 is 1.21 bits per heavy atom. The largest absolute Gasteiger partial charge is 0.440 e. The number of nitrogens with zero attached hydrogens (tertiary/aromatic N) is 1. The Kier molecular flexibility index (Phi) is 4.25. The van der Waals surface area contributed by atoms with Crippen LogP contribution in [-0.2, 0) is 0 Å². The van der Waals surface area contributed by atoms with E-state index >= 15 is 0 Å². The average Bonchev–Trinajstić information content (AvgIpc) is 2.72. The number of rotatable bonds is 5. The summed E-state index contributed by atoms with van der Waals surface area (Å²) in [6, 6.07) is 4.50. The molecule has 0 bridgehead atoms. The van der Waals surface area contributed by atoms with E-state index in [0.717, 1.165) is 41.8 Å². The summed E-state index contributed by atoms with van der Waals surface area (Å²) in [5.74, 6) is 1.21. The molecule has 19 heavy (non-hydrogen) atoms. The lowest BCUT2D eigenvalue weighted by Crippen LogP contribution is -2.14. The molecule has 3 nitrogen and oxygen atoms in total. The third-order valence-electron chi connectivity index (χ3n) is 3.55. The van der Waals surface area contributed by atoms with Crippen LogP contribution in [0, 0.1) is 13.8 Å². The van der Waals surface area contributed by atoms with Crippen molar-refractivity contribution >= 4 is 11.1 Å². The second-order valence-corrected chi connectivity index (χ2v) is 5.79. The molecular formula is C16H24N2O. The van der Waals surface area contributed by atoms with E-state index in [4.69, 9.17) is 10.2 Å². The van der Waals surface area contributed by atoms with Crippen LogP contribution in [0.25, 0.3) is 11.1 Å². The summed E-state index contributed by atoms with van der Waals surface area (Å²) in [5, 5.41) is 0. The van der Waals surface area contributed by atoms with Gasteiger partial charge in [-0.3, -0.25) is 0 Å². The van der Waals surface area contributed by atoms with Gasteiger partial charge < -0.3 is 10.2 Å². The van der Waals surface area contributed by atoms with Gasteiger partial charge in [0.05, 0.1) is 0 Å². The van der Waals surface area contributed by atoms with Gasteiger partial charge in [0.25, 0.3) is 0 Å². The molecule has 1 heterocycles. The second-order valence-electron chi connectivity index (χ2n) is 5.79. The van der Waals surface area contributed by atoms with E-state index in [9.17, 15) is 0 Å². The lowest BCUT2D eigenvalue weighted by atomic mass is 10.0. The van der Waals surface area contributed by atoms with Gasteiger partial charge in [-0.15, -0.1) is 0 Å². The molecule has 0 fully saturated rings. The fraction of sp³-hybridized carbons (Fsp3) is 0.562. The number of benzene rings is 1. The minimum Gasteiger partial charge on any atom is -0.440 e. The molecule has 0 saturated heterocycles. The Hall–Kier alpha value is -1.35. The Morgan fingerprint density at radius 3 is 2.63 bits per heavy atom. The van der Waals surface area contributed by atoms with Crippen LogP contribution in [0.1, 0.15) is 56.0 Å². The third kappa shape index (κ3) is 3.35. The molecule has 0 aliphatic rings. The molecule has 1 aromatic carbocycles. The maximum Gasteiger partial charge on any atom is 0.198 e. The molecule has 2 N–H and O–H groups in total. The molecule has 0 spiro atoms. The highest BCUT2D eigenvalue weighted by atomic mass is 16.3. The molecule has 2 unspecified atom stereocenters. The minimum atomic E-state index is 0.278. The van der Waals surface area contributed by atoms with Crippen LogP contribution >= 0.6 is 0 Å². The summed E-state index contributed by atoms with van der Waals surface area (Å²) < 4.78 is 5.93. The SMILES string of the molecule is Cc1cc(C)c2oc(C(C)CCCC(C)N)nc2c1. The van der Waals surface area contributed by atoms with Gasteiger partial charge in [-0.1, -0.05) is 19.4 Å². The molecule has 2 aromatic rings. The van der Waals surface area contributed by atoms with Crippen LogP contribution in [0.2, 0.25) is 0 Å². The minimum absolute atomic E-state index is 0.278. The number of fused-ring (bicyclic) bond motifs is 1. The zero-order valence-electron chi connectivity index (χ0n) is 12.4. The first-order valence-electron chi connectivity index (χ1n) is 7.10. The topological polar surface area (TPSA) is 52.0 Å². The van der Waals surface area contributed by atoms with E-state index in [1.54, 1.807) is 0 Å². The molecular weight excluding hydrogens is 236 g/mol. The zero-order valence-corrected chi connectivity index (χ0v) is 12.4. The molecule has 0 aliphatic carbocycles. The van der Waals surface area contributed by atoms with Gasteiger partial charge in [0, 0.05) is 12.0 Å². The third-order valence-corrected chi connectivity index (χ3v) is 3.55. The van der Waals surface area contributed by atoms with Crippen molar-refractivity contribution in [1.82, 2.24) is 4.98 Å². The van der Waals surface area contributed by atoms with Crippen molar-refractivity contribution in [1.29, 1.82) is 0 Å². The lowest BCUT2D eigenvalue weighted by molar-refractivity contribution is 0.451. The van der Waals surface area contributed by atoms with Crippen molar-refractivity contribution in [2.24, 2.45) is 5.73 Å². The molecule has 1 aromatic heterocycles. The van der Waals surface area contributed by atoms with Gasteiger partial charge in [-0.05, 0) is 50.8 Å². The fourth-order valence-electron chi connectivity index (χ4n) is 2.47. The number of aryl methyl sites for hydroxylation is 2. The molecule has 0 amide bonds. The first kappa shape index (κ1) is 14.1. The number of nitrogens with two attached hydrogens (primary N) is 1. The van der Waals surface area contributed by atoms with Crippen molar-refractivity contribution < 1.29 is 4.42 Å². The maximum absolute atomic E-state index is 5.93. The van der Waals surface area contributed by atoms with Crippen molar-refractivity contribution in [3.8, 4) is 0 Å². The Bertz CT molecular complexity index is 557. The van der Waals surface area contributed by atoms with Crippen LogP contribution in [0.4, 0.5) is 0 Å². The monoisotopic (exact) mass is 260 g/mol. The predicted molar refractivity (Wildman–Crippen MR) is 79.4 cm³/mol. The molecule has 0 saturated carbocycles. The first-order valence-corrected chi connectivity index (χ1v) is 7.10.